The van der Waals surface area contributed by atoms with E-state index in [0.717, 1.165) is 37.9 Å². The molecule has 2 aromatic rings. The zero-order chi connectivity index (χ0) is 20.7. The first-order valence-electron chi connectivity index (χ1n) is 10.9. The van der Waals surface area contributed by atoms with Crippen molar-refractivity contribution < 1.29 is 19.4 Å². The fraction of sp³-hybridized carbons (Fsp3) is 0.480. The molecule has 5 rings (SSSR count). The van der Waals surface area contributed by atoms with Gasteiger partial charge < -0.3 is 19.5 Å². The summed E-state index contributed by atoms with van der Waals surface area (Å²) in [5.74, 6) is 2.31. The molecular formula is C25H29NO4. The molecule has 1 saturated heterocycles. The van der Waals surface area contributed by atoms with Gasteiger partial charge in [0.2, 0.25) is 5.91 Å². The van der Waals surface area contributed by atoms with Crippen LogP contribution in [0, 0.1) is 11.8 Å². The number of rotatable bonds is 5. The summed E-state index contributed by atoms with van der Waals surface area (Å²) in [6, 6.07) is 17.7. The maximum absolute atomic E-state index is 13.4. The first-order valence-corrected chi connectivity index (χ1v) is 10.9. The number of amides is 1. The number of hydrogen-bond acceptors (Lipinski definition) is 4. The van der Waals surface area contributed by atoms with Crippen LogP contribution in [-0.4, -0.2) is 48.3 Å². The largest absolute Gasteiger partial charge is 0.493 e. The van der Waals surface area contributed by atoms with E-state index in [9.17, 15) is 9.90 Å². The summed E-state index contributed by atoms with van der Waals surface area (Å²) in [5.41, 5.74) is 0.822. The predicted octanol–water partition coefficient (Wildman–Crippen LogP) is 3.40. The predicted molar refractivity (Wildman–Crippen MR) is 114 cm³/mol. The lowest BCUT2D eigenvalue weighted by atomic mass is 9.78. The van der Waals surface area contributed by atoms with Gasteiger partial charge in [0.05, 0.1) is 18.6 Å². The van der Waals surface area contributed by atoms with Gasteiger partial charge in [-0.05, 0) is 55.2 Å². The van der Waals surface area contributed by atoms with E-state index in [2.05, 4.69) is 12.1 Å². The average Bonchev–Trinajstić information content (AvgIpc) is 3.49. The van der Waals surface area contributed by atoms with Crippen molar-refractivity contribution in [3.63, 3.8) is 0 Å². The summed E-state index contributed by atoms with van der Waals surface area (Å²) in [6.45, 7) is 1.51. The van der Waals surface area contributed by atoms with Crippen molar-refractivity contribution in [2.24, 2.45) is 11.8 Å². The summed E-state index contributed by atoms with van der Waals surface area (Å²) < 4.78 is 11.5. The molecule has 0 unspecified atom stereocenters. The Balaban J connectivity index is 1.28. The van der Waals surface area contributed by atoms with E-state index in [1.165, 1.54) is 0 Å². The first kappa shape index (κ1) is 19.4. The molecule has 0 bridgehead atoms. The van der Waals surface area contributed by atoms with Gasteiger partial charge in [0.25, 0.3) is 0 Å². The van der Waals surface area contributed by atoms with Gasteiger partial charge in [-0.3, -0.25) is 4.79 Å². The number of methoxy groups -OCH3 is 1. The van der Waals surface area contributed by atoms with Crippen molar-refractivity contribution in [2.75, 3.05) is 20.2 Å². The van der Waals surface area contributed by atoms with Crippen molar-refractivity contribution >= 4 is 5.91 Å². The highest BCUT2D eigenvalue weighted by molar-refractivity contribution is 5.91. The SMILES string of the molecule is COc1ccccc1O[C@@H]1C[C@@H]2CN(C(=O)C3(c4ccccc4)CC3)C[C@@H]2C[C@H]1O. The van der Waals surface area contributed by atoms with E-state index in [-0.39, 0.29) is 17.4 Å². The van der Waals surface area contributed by atoms with Crippen molar-refractivity contribution in [3.8, 4) is 11.5 Å². The third-order valence-electron chi connectivity index (χ3n) is 7.21. The van der Waals surface area contributed by atoms with E-state index >= 15 is 0 Å². The molecule has 1 aliphatic heterocycles. The molecule has 1 N–H and O–H groups in total. The second-order valence-corrected chi connectivity index (χ2v) is 9.02. The zero-order valence-electron chi connectivity index (χ0n) is 17.4. The lowest BCUT2D eigenvalue weighted by Gasteiger charge is -2.35. The number of carbonyl (C=O) groups excluding carboxylic acids is 1. The number of ether oxygens (including phenoxy) is 2. The Bertz CT molecular complexity index is 910. The second kappa shape index (κ2) is 7.62. The summed E-state index contributed by atoms with van der Waals surface area (Å²) in [6.07, 6.45) is 2.49. The highest BCUT2D eigenvalue weighted by atomic mass is 16.5. The molecule has 1 amide bonds. The molecule has 2 aromatic carbocycles. The highest BCUT2D eigenvalue weighted by Crippen LogP contribution is 2.51. The molecule has 1 heterocycles. The zero-order valence-corrected chi connectivity index (χ0v) is 17.4. The molecule has 5 heteroatoms. The minimum atomic E-state index is -0.532. The minimum Gasteiger partial charge on any atom is -0.493 e. The average molecular weight is 408 g/mol. The van der Waals surface area contributed by atoms with Gasteiger partial charge in [0.1, 0.15) is 6.10 Å². The molecule has 4 atom stereocenters. The third-order valence-corrected chi connectivity index (χ3v) is 7.21. The van der Waals surface area contributed by atoms with Crippen LogP contribution in [0.2, 0.25) is 0 Å². The van der Waals surface area contributed by atoms with Crippen molar-refractivity contribution in [2.45, 2.75) is 43.3 Å². The number of likely N-dealkylation sites (tertiary alicyclic amines) is 1. The van der Waals surface area contributed by atoms with E-state index in [1.807, 2.05) is 47.4 Å². The van der Waals surface area contributed by atoms with Crippen LogP contribution >= 0.6 is 0 Å². The Morgan fingerprint density at radius 2 is 1.60 bits per heavy atom. The van der Waals surface area contributed by atoms with Crippen LogP contribution in [0.3, 0.4) is 0 Å². The molecule has 2 aliphatic carbocycles. The van der Waals surface area contributed by atoms with Crippen LogP contribution in [0.1, 0.15) is 31.2 Å². The summed E-state index contributed by atoms with van der Waals surface area (Å²) in [5, 5.41) is 10.7. The highest BCUT2D eigenvalue weighted by Gasteiger charge is 2.55. The topological polar surface area (TPSA) is 59.0 Å². The van der Waals surface area contributed by atoms with E-state index in [0.29, 0.717) is 29.8 Å². The molecule has 158 valence electrons. The third kappa shape index (κ3) is 3.35. The Morgan fingerprint density at radius 3 is 2.27 bits per heavy atom. The van der Waals surface area contributed by atoms with E-state index in [4.69, 9.17) is 9.47 Å². The van der Waals surface area contributed by atoms with Crippen molar-refractivity contribution in [1.82, 2.24) is 4.90 Å². The Morgan fingerprint density at radius 1 is 0.967 bits per heavy atom. The number of fused-ring (bicyclic) bond motifs is 1. The number of benzene rings is 2. The quantitative estimate of drug-likeness (QED) is 0.825. The molecule has 2 saturated carbocycles. The number of carbonyl (C=O) groups is 1. The van der Waals surface area contributed by atoms with Crippen LogP contribution in [0.5, 0.6) is 11.5 Å². The molecule has 30 heavy (non-hydrogen) atoms. The number of aliphatic hydroxyl groups excluding tert-OH is 1. The van der Waals surface area contributed by atoms with Gasteiger partial charge in [0.15, 0.2) is 11.5 Å². The van der Waals surface area contributed by atoms with Gasteiger partial charge in [-0.25, -0.2) is 0 Å². The van der Waals surface area contributed by atoms with Crippen LogP contribution in [0.25, 0.3) is 0 Å². The monoisotopic (exact) mass is 407 g/mol. The standard InChI is InChI=1S/C25H29NO4/c1-29-21-9-5-6-10-22(21)30-23-14-18-16-26(15-17(18)13-20(23)27)24(28)25(11-12-25)19-7-3-2-4-8-19/h2-10,17-18,20,23,27H,11-16H2,1H3/t17-,18+,20+,23+/m0/s1. The summed E-state index contributed by atoms with van der Waals surface area (Å²) in [4.78, 5) is 15.5. The van der Waals surface area contributed by atoms with Gasteiger partial charge in [-0.2, -0.15) is 0 Å². The minimum absolute atomic E-state index is 0.264. The molecular weight excluding hydrogens is 378 g/mol. The number of para-hydroxylation sites is 2. The fourth-order valence-electron chi connectivity index (χ4n) is 5.37. The summed E-state index contributed by atoms with van der Waals surface area (Å²) in [7, 11) is 1.62. The number of nitrogens with zero attached hydrogens (tertiary/aromatic N) is 1. The maximum atomic E-state index is 13.4. The van der Waals surface area contributed by atoms with Gasteiger partial charge in [-0.1, -0.05) is 42.5 Å². The van der Waals surface area contributed by atoms with Crippen LogP contribution < -0.4 is 9.47 Å². The van der Waals surface area contributed by atoms with Crippen LogP contribution in [0.15, 0.2) is 54.6 Å². The Hall–Kier alpha value is -2.53. The van der Waals surface area contributed by atoms with Gasteiger partial charge in [-0.15, -0.1) is 0 Å². The molecule has 5 nitrogen and oxygen atoms in total. The van der Waals surface area contributed by atoms with E-state index < -0.39 is 6.10 Å². The van der Waals surface area contributed by atoms with Crippen LogP contribution in [0.4, 0.5) is 0 Å². The number of aliphatic hydroxyl groups is 1. The lowest BCUT2D eigenvalue weighted by Crippen LogP contribution is -2.42. The Labute approximate surface area is 177 Å². The normalized spacial score (nSPS) is 29.2. The number of hydrogen-bond donors (Lipinski definition) is 1. The lowest BCUT2D eigenvalue weighted by molar-refractivity contribution is -0.133. The van der Waals surface area contributed by atoms with Gasteiger partial charge >= 0.3 is 0 Å². The maximum Gasteiger partial charge on any atom is 0.233 e. The summed E-state index contributed by atoms with van der Waals surface area (Å²) >= 11 is 0. The smallest absolute Gasteiger partial charge is 0.233 e. The Kier molecular flexibility index (Phi) is 4.94. The molecule has 0 radical (unpaired) electrons. The first-order chi connectivity index (χ1) is 14.6. The molecule has 0 spiro atoms. The van der Waals surface area contributed by atoms with Crippen molar-refractivity contribution in [3.05, 3.63) is 60.2 Å². The molecule has 3 fully saturated rings. The van der Waals surface area contributed by atoms with Crippen molar-refractivity contribution in [1.29, 1.82) is 0 Å². The second-order valence-electron chi connectivity index (χ2n) is 9.02. The molecule has 0 aromatic heterocycles. The van der Waals surface area contributed by atoms with Gasteiger partial charge in [0, 0.05) is 13.1 Å². The molecule has 3 aliphatic rings. The van der Waals surface area contributed by atoms with Crippen LogP contribution in [-0.2, 0) is 10.2 Å². The fourth-order valence-corrected chi connectivity index (χ4v) is 5.37. The van der Waals surface area contributed by atoms with E-state index in [1.54, 1.807) is 7.11 Å².